The highest BCUT2D eigenvalue weighted by molar-refractivity contribution is 9.10. The zero-order valence-corrected chi connectivity index (χ0v) is 19.9. The Hall–Kier alpha value is -2.64. The van der Waals surface area contributed by atoms with Gasteiger partial charge in [0, 0.05) is 17.6 Å². The summed E-state index contributed by atoms with van der Waals surface area (Å²) in [6.45, 7) is 5.51. The number of aryl methyl sites for hydroxylation is 2. The van der Waals surface area contributed by atoms with Crippen LogP contribution in [0, 0.1) is 0 Å². The molecule has 1 heterocycles. The van der Waals surface area contributed by atoms with E-state index in [4.69, 9.17) is 16.3 Å². The molecule has 2 N–H and O–H groups in total. The van der Waals surface area contributed by atoms with Crippen LogP contribution in [0.15, 0.2) is 59.2 Å². The number of ether oxygens (including phenoxy) is 1. The maximum atomic E-state index is 12.0. The molecule has 31 heavy (non-hydrogen) atoms. The van der Waals surface area contributed by atoms with Crippen LogP contribution in [-0.4, -0.2) is 21.7 Å². The molecule has 3 rings (SSSR count). The zero-order valence-electron chi connectivity index (χ0n) is 17.6. The Morgan fingerprint density at radius 3 is 2.32 bits per heavy atom. The number of nitrogens with one attached hydrogen (secondary N) is 2. The number of aromatic nitrogens is 2. The maximum Gasteiger partial charge on any atom is 0.412 e. The SMILES string of the molecule is CC(C)(C)OC(=O)Nc1cccc(CCc2cccc(Nc3nc(Cl)ncc3Br)c2)c1. The molecule has 2 aromatic carbocycles. The number of benzene rings is 2. The summed E-state index contributed by atoms with van der Waals surface area (Å²) in [6.07, 6.45) is 2.83. The lowest BCUT2D eigenvalue weighted by atomic mass is 10.0. The zero-order chi connectivity index (χ0) is 22.4. The van der Waals surface area contributed by atoms with Crippen LogP contribution in [-0.2, 0) is 17.6 Å². The highest BCUT2D eigenvalue weighted by Gasteiger charge is 2.16. The van der Waals surface area contributed by atoms with Gasteiger partial charge in [-0.1, -0.05) is 24.3 Å². The summed E-state index contributed by atoms with van der Waals surface area (Å²) in [5, 5.41) is 6.22. The molecule has 0 aliphatic rings. The van der Waals surface area contributed by atoms with Crippen molar-refractivity contribution in [3.8, 4) is 0 Å². The number of rotatable bonds is 6. The van der Waals surface area contributed by atoms with Crippen molar-refractivity contribution < 1.29 is 9.53 Å². The lowest BCUT2D eigenvalue weighted by molar-refractivity contribution is 0.0636. The van der Waals surface area contributed by atoms with E-state index in [1.54, 1.807) is 6.20 Å². The van der Waals surface area contributed by atoms with Crippen molar-refractivity contribution in [2.24, 2.45) is 0 Å². The number of hydrogen-bond donors (Lipinski definition) is 2. The van der Waals surface area contributed by atoms with Gasteiger partial charge in [0.25, 0.3) is 0 Å². The minimum atomic E-state index is -0.534. The van der Waals surface area contributed by atoms with Gasteiger partial charge in [-0.15, -0.1) is 0 Å². The Balaban J connectivity index is 1.62. The predicted octanol–water partition coefficient (Wildman–Crippen LogP) is 6.77. The fraction of sp³-hybridized carbons (Fsp3) is 0.261. The summed E-state index contributed by atoms with van der Waals surface area (Å²) in [4.78, 5) is 20.1. The highest BCUT2D eigenvalue weighted by atomic mass is 79.9. The molecule has 0 spiro atoms. The smallest absolute Gasteiger partial charge is 0.412 e. The van der Waals surface area contributed by atoms with Crippen molar-refractivity contribution in [1.82, 2.24) is 9.97 Å². The summed E-state index contributed by atoms with van der Waals surface area (Å²) >= 11 is 9.31. The Labute approximate surface area is 195 Å². The monoisotopic (exact) mass is 502 g/mol. The molecular weight excluding hydrogens is 480 g/mol. The van der Waals surface area contributed by atoms with Crippen LogP contribution in [0.4, 0.5) is 22.0 Å². The first-order valence-corrected chi connectivity index (χ1v) is 11.0. The van der Waals surface area contributed by atoms with Gasteiger partial charge in [0.2, 0.25) is 5.28 Å². The number of anilines is 3. The summed E-state index contributed by atoms with van der Waals surface area (Å²) in [7, 11) is 0. The largest absolute Gasteiger partial charge is 0.444 e. The third kappa shape index (κ3) is 7.52. The number of carbonyl (C=O) groups is 1. The first-order valence-electron chi connectivity index (χ1n) is 9.81. The topological polar surface area (TPSA) is 76.1 Å². The fourth-order valence-electron chi connectivity index (χ4n) is 2.89. The van der Waals surface area contributed by atoms with Crippen LogP contribution in [0.2, 0.25) is 5.28 Å². The molecule has 6 nitrogen and oxygen atoms in total. The molecule has 0 fully saturated rings. The molecule has 0 unspecified atom stereocenters. The molecule has 0 saturated carbocycles. The molecule has 8 heteroatoms. The van der Waals surface area contributed by atoms with Gasteiger partial charge in [-0.2, -0.15) is 4.98 Å². The number of halogens is 2. The summed E-state index contributed by atoms with van der Waals surface area (Å²) in [6, 6.07) is 15.9. The third-order valence-corrected chi connectivity index (χ3v) is 4.94. The van der Waals surface area contributed by atoms with E-state index in [2.05, 4.69) is 48.7 Å². The van der Waals surface area contributed by atoms with Crippen LogP contribution < -0.4 is 10.6 Å². The predicted molar refractivity (Wildman–Crippen MR) is 128 cm³/mol. The van der Waals surface area contributed by atoms with E-state index < -0.39 is 11.7 Å². The average molecular weight is 504 g/mol. The van der Waals surface area contributed by atoms with Crippen LogP contribution in [0.5, 0.6) is 0 Å². The molecule has 3 aromatic rings. The van der Waals surface area contributed by atoms with Gasteiger partial charge >= 0.3 is 6.09 Å². The van der Waals surface area contributed by atoms with E-state index in [0.29, 0.717) is 11.5 Å². The van der Waals surface area contributed by atoms with E-state index in [0.717, 1.165) is 28.6 Å². The standard InChI is InChI=1S/C23H24BrClN4O2/c1-23(2,3)31-22(30)28-18-9-5-7-16(13-18)11-10-15-6-4-8-17(12-15)27-20-19(24)14-26-21(25)29-20/h4-9,12-14H,10-11H2,1-3H3,(H,28,30)(H,26,27,29). The van der Waals surface area contributed by atoms with Gasteiger partial charge in [0.1, 0.15) is 11.4 Å². The second-order valence-corrected chi connectivity index (χ2v) is 9.18. The van der Waals surface area contributed by atoms with Gasteiger partial charge in [0.05, 0.1) is 4.47 Å². The quantitative estimate of drug-likeness (QED) is 0.363. The van der Waals surface area contributed by atoms with Crippen LogP contribution >= 0.6 is 27.5 Å². The van der Waals surface area contributed by atoms with Crippen LogP contribution in [0.3, 0.4) is 0 Å². The van der Waals surface area contributed by atoms with Gasteiger partial charge in [0.15, 0.2) is 0 Å². The molecule has 162 valence electrons. The van der Waals surface area contributed by atoms with E-state index in [1.807, 2.05) is 57.2 Å². The summed E-state index contributed by atoms with van der Waals surface area (Å²) < 4.78 is 6.04. The Morgan fingerprint density at radius 1 is 1.06 bits per heavy atom. The number of amides is 1. The van der Waals surface area contributed by atoms with Crippen molar-refractivity contribution in [3.63, 3.8) is 0 Å². The molecule has 0 atom stereocenters. The normalized spacial score (nSPS) is 11.1. The van der Waals surface area contributed by atoms with Crippen molar-refractivity contribution in [3.05, 3.63) is 75.6 Å². The first-order chi connectivity index (χ1) is 14.7. The summed E-state index contributed by atoms with van der Waals surface area (Å²) in [5.41, 5.74) is 3.39. The first kappa shape index (κ1) is 23.0. The molecule has 0 aliphatic carbocycles. The van der Waals surface area contributed by atoms with Crippen molar-refractivity contribution in [1.29, 1.82) is 0 Å². The van der Waals surface area contributed by atoms with Gasteiger partial charge in [-0.25, -0.2) is 9.78 Å². The molecule has 0 saturated heterocycles. The van der Waals surface area contributed by atoms with E-state index >= 15 is 0 Å². The lowest BCUT2D eigenvalue weighted by Gasteiger charge is -2.19. The Kier molecular flexibility index (Phi) is 7.51. The highest BCUT2D eigenvalue weighted by Crippen LogP contribution is 2.25. The molecule has 1 aromatic heterocycles. The molecular formula is C23H24BrClN4O2. The van der Waals surface area contributed by atoms with E-state index in [9.17, 15) is 4.79 Å². The average Bonchev–Trinajstić information content (AvgIpc) is 2.68. The van der Waals surface area contributed by atoms with Crippen LogP contribution in [0.1, 0.15) is 31.9 Å². The molecule has 1 amide bonds. The van der Waals surface area contributed by atoms with Crippen LogP contribution in [0.25, 0.3) is 0 Å². The minimum Gasteiger partial charge on any atom is -0.444 e. The number of nitrogens with zero attached hydrogens (tertiary/aromatic N) is 2. The Morgan fingerprint density at radius 2 is 1.68 bits per heavy atom. The minimum absolute atomic E-state index is 0.182. The maximum absolute atomic E-state index is 12.0. The molecule has 0 aliphatic heterocycles. The number of carbonyl (C=O) groups excluding carboxylic acids is 1. The second kappa shape index (κ2) is 10.1. The Bertz CT molecular complexity index is 1070. The molecule has 0 bridgehead atoms. The van der Waals surface area contributed by atoms with Crippen molar-refractivity contribution in [2.45, 2.75) is 39.2 Å². The van der Waals surface area contributed by atoms with Gasteiger partial charge in [-0.05, 0) is 96.5 Å². The van der Waals surface area contributed by atoms with Gasteiger partial charge < -0.3 is 10.1 Å². The second-order valence-electron chi connectivity index (χ2n) is 7.99. The summed E-state index contributed by atoms with van der Waals surface area (Å²) in [5.74, 6) is 0.609. The molecule has 0 radical (unpaired) electrons. The van der Waals surface area contributed by atoms with Crippen molar-refractivity contribution in [2.75, 3.05) is 10.6 Å². The van der Waals surface area contributed by atoms with E-state index in [1.165, 1.54) is 5.56 Å². The van der Waals surface area contributed by atoms with E-state index in [-0.39, 0.29) is 5.28 Å². The lowest BCUT2D eigenvalue weighted by Crippen LogP contribution is -2.27. The number of hydrogen-bond acceptors (Lipinski definition) is 5. The fourth-order valence-corrected chi connectivity index (χ4v) is 3.31. The van der Waals surface area contributed by atoms with Gasteiger partial charge in [-0.3, -0.25) is 5.32 Å². The van der Waals surface area contributed by atoms with Crippen molar-refractivity contribution >= 4 is 50.8 Å². The third-order valence-electron chi connectivity index (χ3n) is 4.18.